The van der Waals surface area contributed by atoms with Gasteiger partial charge >= 0.3 is 0 Å². The number of halogens is 1. The molecule has 1 aliphatic heterocycles. The van der Waals surface area contributed by atoms with Gasteiger partial charge in [0.1, 0.15) is 5.82 Å². The van der Waals surface area contributed by atoms with Crippen LogP contribution in [0.2, 0.25) is 0 Å². The molecule has 0 atom stereocenters. The lowest BCUT2D eigenvalue weighted by Crippen LogP contribution is -2.36. The van der Waals surface area contributed by atoms with Crippen LogP contribution in [0.4, 0.5) is 15.8 Å². The van der Waals surface area contributed by atoms with Gasteiger partial charge in [0.25, 0.3) is 5.91 Å². The average Bonchev–Trinajstić information content (AvgIpc) is 2.58. The number of carbonyl (C=O) groups is 1. The molecule has 5 heteroatoms. The molecule has 2 aromatic rings. The van der Waals surface area contributed by atoms with Crippen LogP contribution in [0.25, 0.3) is 0 Å². The van der Waals surface area contributed by atoms with Gasteiger partial charge in [-0.05, 0) is 55.3 Å². The number of aryl methyl sites for hydroxylation is 2. The monoisotopic (exact) mass is 328 g/mol. The zero-order chi connectivity index (χ0) is 17.1. The van der Waals surface area contributed by atoms with Crippen molar-refractivity contribution in [2.75, 3.05) is 36.5 Å². The third kappa shape index (κ3) is 3.57. The molecule has 1 aliphatic rings. The number of benzene rings is 2. The number of hydrogen-bond acceptors (Lipinski definition) is 3. The number of carbonyl (C=O) groups excluding carboxylic acids is 1. The number of rotatable bonds is 3. The summed E-state index contributed by atoms with van der Waals surface area (Å²) in [5.74, 6) is -0.611. The van der Waals surface area contributed by atoms with Gasteiger partial charge in [0.05, 0.1) is 24.6 Å². The minimum Gasteiger partial charge on any atom is -0.378 e. The van der Waals surface area contributed by atoms with Gasteiger partial charge < -0.3 is 15.0 Å². The number of hydrogen-bond donors (Lipinski definition) is 1. The maximum absolute atomic E-state index is 13.7. The number of nitrogens with zero attached hydrogens (tertiary/aromatic N) is 1. The van der Waals surface area contributed by atoms with Gasteiger partial charge in [-0.25, -0.2) is 4.39 Å². The topological polar surface area (TPSA) is 41.6 Å². The molecule has 0 bridgehead atoms. The summed E-state index contributed by atoms with van der Waals surface area (Å²) in [5.41, 5.74) is 4.05. The normalized spacial score (nSPS) is 14.5. The molecule has 4 nitrogen and oxygen atoms in total. The van der Waals surface area contributed by atoms with Crippen LogP contribution < -0.4 is 10.2 Å². The first-order valence-corrected chi connectivity index (χ1v) is 8.05. The number of morpholine rings is 1. The van der Waals surface area contributed by atoms with E-state index in [1.807, 2.05) is 26.0 Å². The van der Waals surface area contributed by atoms with E-state index in [1.165, 1.54) is 12.1 Å². The standard InChI is InChI=1S/C19H21FN2O2/c1-13-3-4-15(11-14(13)2)19(23)21-17-12-16(20)5-6-18(17)22-7-9-24-10-8-22/h3-6,11-12H,7-10H2,1-2H3,(H,21,23). The molecule has 3 rings (SSSR count). The fourth-order valence-corrected chi connectivity index (χ4v) is 2.77. The third-order valence-corrected chi connectivity index (χ3v) is 4.33. The van der Waals surface area contributed by atoms with Crippen molar-refractivity contribution in [3.05, 3.63) is 58.9 Å². The summed E-state index contributed by atoms with van der Waals surface area (Å²) in [6, 6.07) is 10.0. The van der Waals surface area contributed by atoms with Crippen molar-refractivity contribution in [1.82, 2.24) is 0 Å². The van der Waals surface area contributed by atoms with Crippen LogP contribution in [-0.2, 0) is 4.74 Å². The molecule has 1 heterocycles. The highest BCUT2D eigenvalue weighted by Crippen LogP contribution is 2.28. The Labute approximate surface area is 141 Å². The van der Waals surface area contributed by atoms with Crippen LogP contribution in [0.15, 0.2) is 36.4 Å². The minimum atomic E-state index is -0.373. The third-order valence-electron chi connectivity index (χ3n) is 4.33. The first kappa shape index (κ1) is 16.5. The van der Waals surface area contributed by atoms with Crippen molar-refractivity contribution < 1.29 is 13.9 Å². The van der Waals surface area contributed by atoms with Crippen molar-refractivity contribution in [3.63, 3.8) is 0 Å². The van der Waals surface area contributed by atoms with Crippen LogP contribution >= 0.6 is 0 Å². The van der Waals surface area contributed by atoms with Crippen molar-refractivity contribution in [2.45, 2.75) is 13.8 Å². The lowest BCUT2D eigenvalue weighted by Gasteiger charge is -2.30. The largest absolute Gasteiger partial charge is 0.378 e. The average molecular weight is 328 g/mol. The molecule has 1 saturated heterocycles. The summed E-state index contributed by atoms with van der Waals surface area (Å²) in [4.78, 5) is 14.6. The van der Waals surface area contributed by atoms with E-state index in [1.54, 1.807) is 12.1 Å². The maximum atomic E-state index is 13.7. The summed E-state index contributed by atoms with van der Waals surface area (Å²) in [5, 5.41) is 2.85. The van der Waals surface area contributed by atoms with E-state index in [4.69, 9.17) is 4.74 Å². The van der Waals surface area contributed by atoms with Crippen molar-refractivity contribution in [1.29, 1.82) is 0 Å². The van der Waals surface area contributed by atoms with E-state index in [0.717, 1.165) is 29.9 Å². The first-order valence-electron chi connectivity index (χ1n) is 8.05. The highest BCUT2D eigenvalue weighted by Gasteiger charge is 2.17. The Balaban J connectivity index is 1.86. The van der Waals surface area contributed by atoms with E-state index >= 15 is 0 Å². The second-order valence-corrected chi connectivity index (χ2v) is 6.01. The fourth-order valence-electron chi connectivity index (χ4n) is 2.77. The Bertz CT molecular complexity index is 755. The SMILES string of the molecule is Cc1ccc(C(=O)Nc2cc(F)ccc2N2CCOCC2)cc1C. The Morgan fingerprint density at radius 2 is 1.83 bits per heavy atom. The fraction of sp³-hybridized carbons (Fsp3) is 0.316. The Hall–Kier alpha value is -2.40. The molecular weight excluding hydrogens is 307 g/mol. The summed E-state index contributed by atoms with van der Waals surface area (Å²) < 4.78 is 19.0. The molecular formula is C19H21FN2O2. The molecule has 0 radical (unpaired) electrons. The molecule has 2 aromatic carbocycles. The molecule has 126 valence electrons. The molecule has 0 aromatic heterocycles. The molecule has 1 N–H and O–H groups in total. The van der Waals surface area contributed by atoms with Gasteiger partial charge in [0.15, 0.2) is 0 Å². The van der Waals surface area contributed by atoms with Gasteiger partial charge in [0, 0.05) is 18.7 Å². The van der Waals surface area contributed by atoms with Gasteiger partial charge in [-0.3, -0.25) is 4.79 Å². The molecule has 0 spiro atoms. The molecule has 0 aliphatic carbocycles. The van der Waals surface area contributed by atoms with E-state index in [2.05, 4.69) is 10.2 Å². The van der Waals surface area contributed by atoms with Crippen molar-refractivity contribution in [2.24, 2.45) is 0 Å². The maximum Gasteiger partial charge on any atom is 0.255 e. The van der Waals surface area contributed by atoms with Gasteiger partial charge in [-0.15, -0.1) is 0 Å². The van der Waals surface area contributed by atoms with Gasteiger partial charge in [-0.1, -0.05) is 6.07 Å². The van der Waals surface area contributed by atoms with Crippen molar-refractivity contribution in [3.8, 4) is 0 Å². The number of ether oxygens (including phenoxy) is 1. The smallest absolute Gasteiger partial charge is 0.255 e. The summed E-state index contributed by atoms with van der Waals surface area (Å²) >= 11 is 0. The molecule has 0 unspecified atom stereocenters. The quantitative estimate of drug-likeness (QED) is 0.937. The Kier molecular flexibility index (Phi) is 4.81. The summed E-state index contributed by atoms with van der Waals surface area (Å²) in [7, 11) is 0. The summed E-state index contributed by atoms with van der Waals surface area (Å²) in [6.07, 6.45) is 0. The van der Waals surface area contributed by atoms with Crippen LogP contribution in [0.3, 0.4) is 0 Å². The zero-order valence-corrected chi connectivity index (χ0v) is 13.9. The highest BCUT2D eigenvalue weighted by molar-refractivity contribution is 6.06. The first-order chi connectivity index (χ1) is 11.5. The van der Waals surface area contributed by atoms with Crippen LogP contribution in [-0.4, -0.2) is 32.2 Å². The summed E-state index contributed by atoms with van der Waals surface area (Å²) in [6.45, 7) is 6.66. The van der Waals surface area contributed by atoms with Crippen molar-refractivity contribution >= 4 is 17.3 Å². The van der Waals surface area contributed by atoms with E-state index in [9.17, 15) is 9.18 Å². The highest BCUT2D eigenvalue weighted by atomic mass is 19.1. The Morgan fingerprint density at radius 1 is 1.08 bits per heavy atom. The Morgan fingerprint density at radius 3 is 2.54 bits per heavy atom. The van der Waals surface area contributed by atoms with E-state index in [-0.39, 0.29) is 11.7 Å². The lowest BCUT2D eigenvalue weighted by molar-refractivity contribution is 0.102. The lowest BCUT2D eigenvalue weighted by atomic mass is 10.1. The van der Waals surface area contributed by atoms with Gasteiger partial charge in [0.2, 0.25) is 0 Å². The van der Waals surface area contributed by atoms with Crippen LogP contribution in [0.5, 0.6) is 0 Å². The molecule has 24 heavy (non-hydrogen) atoms. The van der Waals surface area contributed by atoms with Gasteiger partial charge in [-0.2, -0.15) is 0 Å². The number of anilines is 2. The number of nitrogens with one attached hydrogen (secondary N) is 1. The molecule has 1 fully saturated rings. The predicted octanol–water partition coefficient (Wildman–Crippen LogP) is 3.53. The minimum absolute atomic E-state index is 0.238. The van der Waals surface area contributed by atoms with E-state index in [0.29, 0.717) is 24.5 Å². The van der Waals surface area contributed by atoms with Crippen LogP contribution in [0.1, 0.15) is 21.5 Å². The van der Waals surface area contributed by atoms with E-state index < -0.39 is 0 Å². The second-order valence-electron chi connectivity index (χ2n) is 6.01. The predicted molar refractivity (Wildman–Crippen MR) is 93.3 cm³/mol. The zero-order valence-electron chi connectivity index (χ0n) is 13.9. The molecule has 1 amide bonds. The van der Waals surface area contributed by atoms with Crippen LogP contribution in [0, 0.1) is 19.7 Å². The molecule has 0 saturated carbocycles. The number of amides is 1. The second kappa shape index (κ2) is 7.01.